The summed E-state index contributed by atoms with van der Waals surface area (Å²) in [6.45, 7) is 0. The lowest BCUT2D eigenvalue weighted by molar-refractivity contribution is -0.136. The molecule has 2 rings (SSSR count). The molecule has 16 heavy (non-hydrogen) atoms. The second-order valence-electron chi connectivity index (χ2n) is 3.27. The first-order chi connectivity index (χ1) is 7.66. The predicted octanol–water partition coefficient (Wildman–Crippen LogP) is 2.81. The Morgan fingerprint density at radius 2 is 2.38 bits per heavy atom. The number of aromatic amines is 1. The van der Waals surface area contributed by atoms with Crippen LogP contribution in [0.2, 0.25) is 4.34 Å². The first kappa shape index (κ1) is 11.2. The standard InChI is InChI=1S/C10H9ClN2O2S/c11-8-3-2-7(16-8)10-6(5-12-13-10)1-4-9(14)15/h2-3,5H,1,4H2,(H,12,13)(H,14,15). The van der Waals surface area contributed by atoms with Crippen LogP contribution in [0.5, 0.6) is 0 Å². The van der Waals surface area contributed by atoms with Crippen LogP contribution in [0.25, 0.3) is 10.6 Å². The van der Waals surface area contributed by atoms with E-state index in [0.717, 1.165) is 16.1 Å². The van der Waals surface area contributed by atoms with Gasteiger partial charge in [0.05, 0.1) is 21.1 Å². The minimum atomic E-state index is -0.809. The number of aromatic nitrogens is 2. The monoisotopic (exact) mass is 256 g/mol. The van der Waals surface area contributed by atoms with E-state index in [0.29, 0.717) is 10.8 Å². The summed E-state index contributed by atoms with van der Waals surface area (Å²) in [7, 11) is 0. The highest BCUT2D eigenvalue weighted by Crippen LogP contribution is 2.31. The van der Waals surface area contributed by atoms with Gasteiger partial charge in [-0.2, -0.15) is 5.10 Å². The first-order valence-corrected chi connectivity index (χ1v) is 5.86. The van der Waals surface area contributed by atoms with Crippen molar-refractivity contribution in [1.29, 1.82) is 0 Å². The number of nitrogens with one attached hydrogen (secondary N) is 1. The van der Waals surface area contributed by atoms with E-state index in [2.05, 4.69) is 10.2 Å². The van der Waals surface area contributed by atoms with Crippen LogP contribution in [-0.2, 0) is 11.2 Å². The van der Waals surface area contributed by atoms with Crippen LogP contribution in [0.1, 0.15) is 12.0 Å². The molecule has 0 saturated heterocycles. The van der Waals surface area contributed by atoms with Gasteiger partial charge < -0.3 is 5.11 Å². The Morgan fingerprint density at radius 3 is 3.00 bits per heavy atom. The molecule has 2 N–H and O–H groups in total. The Balaban J connectivity index is 2.22. The van der Waals surface area contributed by atoms with E-state index in [9.17, 15) is 4.79 Å². The summed E-state index contributed by atoms with van der Waals surface area (Å²) >= 11 is 7.29. The molecule has 0 aliphatic rings. The Kier molecular flexibility index (Phi) is 3.26. The SMILES string of the molecule is O=C(O)CCc1cn[nH]c1-c1ccc(Cl)s1. The molecule has 0 saturated carbocycles. The van der Waals surface area contributed by atoms with Crippen LogP contribution in [0.15, 0.2) is 18.3 Å². The number of aliphatic carboxylic acids is 1. The molecule has 0 spiro atoms. The summed E-state index contributed by atoms with van der Waals surface area (Å²) in [5.41, 5.74) is 1.76. The third-order valence-corrected chi connectivity index (χ3v) is 3.39. The van der Waals surface area contributed by atoms with E-state index < -0.39 is 5.97 Å². The highest BCUT2D eigenvalue weighted by molar-refractivity contribution is 7.19. The summed E-state index contributed by atoms with van der Waals surface area (Å²) < 4.78 is 0.703. The van der Waals surface area contributed by atoms with Crippen molar-refractivity contribution in [3.8, 4) is 10.6 Å². The molecule has 84 valence electrons. The summed E-state index contributed by atoms with van der Waals surface area (Å²) in [5, 5.41) is 15.4. The van der Waals surface area contributed by atoms with Crippen molar-refractivity contribution in [2.45, 2.75) is 12.8 Å². The van der Waals surface area contributed by atoms with Crippen molar-refractivity contribution in [2.24, 2.45) is 0 Å². The van der Waals surface area contributed by atoms with Gasteiger partial charge in [0.25, 0.3) is 0 Å². The topological polar surface area (TPSA) is 66.0 Å². The summed E-state index contributed by atoms with van der Waals surface area (Å²) in [6.07, 6.45) is 2.23. The highest BCUT2D eigenvalue weighted by atomic mass is 35.5. The molecule has 0 aliphatic heterocycles. The van der Waals surface area contributed by atoms with Crippen molar-refractivity contribution in [2.75, 3.05) is 0 Å². The van der Waals surface area contributed by atoms with Crippen molar-refractivity contribution in [3.05, 3.63) is 28.2 Å². The smallest absolute Gasteiger partial charge is 0.303 e. The average molecular weight is 257 g/mol. The molecule has 6 heteroatoms. The Bertz CT molecular complexity index is 506. The van der Waals surface area contributed by atoms with Crippen LogP contribution < -0.4 is 0 Å². The van der Waals surface area contributed by atoms with E-state index in [4.69, 9.17) is 16.7 Å². The number of carboxylic acid groups (broad SMARTS) is 1. The van der Waals surface area contributed by atoms with Gasteiger partial charge in [-0.1, -0.05) is 11.6 Å². The van der Waals surface area contributed by atoms with Crippen LogP contribution in [-0.4, -0.2) is 21.3 Å². The van der Waals surface area contributed by atoms with Crippen LogP contribution in [0.4, 0.5) is 0 Å². The molecule has 2 aromatic rings. The molecule has 0 fully saturated rings. The van der Waals surface area contributed by atoms with Crippen LogP contribution in [0, 0.1) is 0 Å². The van der Waals surface area contributed by atoms with Crippen LogP contribution >= 0.6 is 22.9 Å². The fraction of sp³-hybridized carbons (Fsp3) is 0.200. The first-order valence-electron chi connectivity index (χ1n) is 4.66. The molecule has 0 bridgehead atoms. The van der Waals surface area contributed by atoms with Gasteiger partial charge in [0, 0.05) is 6.42 Å². The van der Waals surface area contributed by atoms with Gasteiger partial charge in [0.15, 0.2) is 0 Å². The molecule has 0 aromatic carbocycles. The lowest BCUT2D eigenvalue weighted by atomic mass is 10.1. The molecular weight excluding hydrogens is 248 g/mol. The number of halogens is 1. The fourth-order valence-corrected chi connectivity index (χ4v) is 2.48. The fourth-order valence-electron chi connectivity index (χ4n) is 1.40. The van der Waals surface area contributed by atoms with E-state index in [1.165, 1.54) is 11.3 Å². The molecule has 4 nitrogen and oxygen atoms in total. The van der Waals surface area contributed by atoms with Gasteiger partial charge in [0.2, 0.25) is 0 Å². The maximum absolute atomic E-state index is 10.5. The molecule has 0 radical (unpaired) electrons. The lowest BCUT2D eigenvalue weighted by Gasteiger charge is -1.98. The lowest BCUT2D eigenvalue weighted by Crippen LogP contribution is -1.97. The van der Waals surface area contributed by atoms with Crippen molar-refractivity contribution in [3.63, 3.8) is 0 Å². The van der Waals surface area contributed by atoms with E-state index >= 15 is 0 Å². The van der Waals surface area contributed by atoms with E-state index in [-0.39, 0.29) is 6.42 Å². The molecule has 0 unspecified atom stereocenters. The summed E-state index contributed by atoms with van der Waals surface area (Å²) in [6, 6.07) is 3.70. The molecule has 0 aliphatic carbocycles. The maximum Gasteiger partial charge on any atom is 0.303 e. The number of hydrogen-bond acceptors (Lipinski definition) is 3. The zero-order chi connectivity index (χ0) is 11.5. The third kappa shape index (κ3) is 2.43. The zero-order valence-corrected chi connectivity index (χ0v) is 9.81. The normalized spacial score (nSPS) is 10.6. The summed E-state index contributed by atoms with van der Waals surface area (Å²) in [5.74, 6) is -0.809. The largest absolute Gasteiger partial charge is 0.481 e. The maximum atomic E-state index is 10.5. The average Bonchev–Trinajstić information content (AvgIpc) is 2.82. The van der Waals surface area contributed by atoms with Gasteiger partial charge in [-0.25, -0.2) is 0 Å². The number of carboxylic acids is 1. The Labute approximate surface area is 101 Å². The van der Waals surface area contributed by atoms with Gasteiger partial charge in [0.1, 0.15) is 0 Å². The van der Waals surface area contributed by atoms with Crippen molar-refractivity contribution >= 4 is 28.9 Å². The zero-order valence-electron chi connectivity index (χ0n) is 8.24. The second kappa shape index (κ2) is 4.67. The van der Waals surface area contributed by atoms with E-state index in [1.807, 2.05) is 12.1 Å². The van der Waals surface area contributed by atoms with Gasteiger partial charge in [-0.3, -0.25) is 9.89 Å². The van der Waals surface area contributed by atoms with Crippen molar-refractivity contribution < 1.29 is 9.90 Å². The summed E-state index contributed by atoms with van der Waals surface area (Å²) in [4.78, 5) is 11.5. The van der Waals surface area contributed by atoms with E-state index in [1.54, 1.807) is 6.20 Å². The van der Waals surface area contributed by atoms with Gasteiger partial charge >= 0.3 is 5.97 Å². The Morgan fingerprint density at radius 1 is 1.56 bits per heavy atom. The van der Waals surface area contributed by atoms with Crippen LogP contribution in [0.3, 0.4) is 0 Å². The third-order valence-electron chi connectivity index (χ3n) is 2.15. The number of aryl methyl sites for hydroxylation is 1. The highest BCUT2D eigenvalue weighted by Gasteiger charge is 2.11. The quantitative estimate of drug-likeness (QED) is 0.884. The number of thiophene rings is 1. The number of hydrogen-bond donors (Lipinski definition) is 2. The number of H-pyrrole nitrogens is 1. The number of nitrogens with zero attached hydrogens (tertiary/aromatic N) is 1. The van der Waals surface area contributed by atoms with Crippen molar-refractivity contribution in [1.82, 2.24) is 10.2 Å². The predicted molar refractivity (Wildman–Crippen MR) is 62.9 cm³/mol. The minimum absolute atomic E-state index is 0.103. The second-order valence-corrected chi connectivity index (χ2v) is 4.98. The molecule has 0 atom stereocenters. The number of rotatable bonds is 4. The molecule has 2 aromatic heterocycles. The van der Waals surface area contributed by atoms with Gasteiger partial charge in [-0.15, -0.1) is 11.3 Å². The number of carbonyl (C=O) groups is 1. The minimum Gasteiger partial charge on any atom is -0.481 e. The Hall–Kier alpha value is -1.33. The van der Waals surface area contributed by atoms with Gasteiger partial charge in [-0.05, 0) is 24.1 Å². The molecule has 2 heterocycles. The molecule has 0 amide bonds. The molecular formula is C10H9ClN2O2S.